The van der Waals surface area contributed by atoms with Crippen LogP contribution in [-0.2, 0) is 4.79 Å². The summed E-state index contributed by atoms with van der Waals surface area (Å²) in [5.74, 6) is 0.642. The molecule has 1 atom stereocenters. The molecule has 0 spiro atoms. The van der Waals surface area contributed by atoms with Crippen LogP contribution < -0.4 is 10.1 Å². The number of aliphatic hydroxyl groups excluding tert-OH is 1. The lowest BCUT2D eigenvalue weighted by molar-refractivity contribution is -0.137. The summed E-state index contributed by atoms with van der Waals surface area (Å²) >= 11 is 0. The number of carbonyl (C=O) groups excluding carboxylic acids is 1. The second kappa shape index (κ2) is 5.73. The lowest BCUT2D eigenvalue weighted by atomic mass is 10.2. The number of rotatable bonds is 4. The highest BCUT2D eigenvalue weighted by molar-refractivity contribution is 5.82. The number of aliphatic hydroxyl groups is 1. The van der Waals surface area contributed by atoms with E-state index in [0.717, 1.165) is 5.69 Å². The highest BCUT2D eigenvalue weighted by Crippen LogP contribution is 2.28. The van der Waals surface area contributed by atoms with Crippen molar-refractivity contribution in [1.29, 1.82) is 0 Å². The summed E-state index contributed by atoms with van der Waals surface area (Å²) in [5, 5.41) is 11.9. The second-order valence-electron chi connectivity index (χ2n) is 4.32. The Morgan fingerprint density at radius 1 is 1.56 bits per heavy atom. The van der Waals surface area contributed by atoms with Crippen LogP contribution >= 0.6 is 0 Å². The number of benzene rings is 1. The Labute approximate surface area is 106 Å². The molecule has 1 aliphatic rings. The molecule has 5 heteroatoms. The van der Waals surface area contributed by atoms with Gasteiger partial charge in [0.2, 0.25) is 0 Å². The van der Waals surface area contributed by atoms with E-state index < -0.39 is 6.10 Å². The van der Waals surface area contributed by atoms with Crippen molar-refractivity contribution >= 4 is 11.6 Å². The number of amides is 1. The van der Waals surface area contributed by atoms with Crippen molar-refractivity contribution in [2.24, 2.45) is 0 Å². The molecule has 98 valence electrons. The first-order valence-electron chi connectivity index (χ1n) is 6.08. The predicted molar refractivity (Wildman–Crippen MR) is 68.7 cm³/mol. The number of likely N-dealkylation sites (N-methyl/N-ethyl adjacent to an activating group) is 1. The Morgan fingerprint density at radius 2 is 2.33 bits per heavy atom. The van der Waals surface area contributed by atoms with E-state index in [4.69, 9.17) is 9.84 Å². The van der Waals surface area contributed by atoms with E-state index in [9.17, 15) is 4.79 Å². The maximum Gasteiger partial charge on any atom is 0.265 e. The van der Waals surface area contributed by atoms with E-state index in [-0.39, 0.29) is 12.5 Å². The number of carbonyl (C=O) groups is 1. The van der Waals surface area contributed by atoms with Gasteiger partial charge in [0.25, 0.3) is 5.91 Å². The molecule has 0 fully saturated rings. The van der Waals surface area contributed by atoms with Crippen LogP contribution in [0.3, 0.4) is 0 Å². The molecule has 0 aromatic heterocycles. The van der Waals surface area contributed by atoms with Crippen LogP contribution in [0.15, 0.2) is 24.3 Å². The molecule has 5 nitrogen and oxygen atoms in total. The zero-order valence-electron chi connectivity index (χ0n) is 10.4. The molecular formula is C13H18N2O3. The van der Waals surface area contributed by atoms with Crippen LogP contribution in [-0.4, -0.2) is 48.8 Å². The number of nitrogens with zero attached hydrogens (tertiary/aromatic N) is 1. The smallest absolute Gasteiger partial charge is 0.265 e. The fourth-order valence-corrected chi connectivity index (χ4v) is 1.91. The van der Waals surface area contributed by atoms with Crippen LogP contribution in [0.5, 0.6) is 5.75 Å². The quantitative estimate of drug-likeness (QED) is 0.826. The standard InChI is InChI=1S/C13H18N2O3/c1-15(7-4-8-16)13(17)12-9-14-10-5-2-3-6-11(10)18-12/h2-3,5-6,12,14,16H,4,7-9H2,1H3. The minimum Gasteiger partial charge on any atom is -0.477 e. The molecule has 0 saturated carbocycles. The Kier molecular flexibility index (Phi) is 4.04. The molecule has 1 aromatic carbocycles. The van der Waals surface area contributed by atoms with Gasteiger partial charge in [0.05, 0.1) is 12.2 Å². The number of hydrogen-bond donors (Lipinski definition) is 2. The largest absolute Gasteiger partial charge is 0.477 e. The van der Waals surface area contributed by atoms with E-state index in [2.05, 4.69) is 5.32 Å². The normalized spacial score (nSPS) is 17.3. The van der Waals surface area contributed by atoms with Gasteiger partial charge in [0.1, 0.15) is 5.75 Å². The molecule has 0 aliphatic carbocycles. The van der Waals surface area contributed by atoms with E-state index >= 15 is 0 Å². The molecule has 1 heterocycles. The fraction of sp³-hybridized carbons (Fsp3) is 0.462. The van der Waals surface area contributed by atoms with Gasteiger partial charge in [0.15, 0.2) is 6.10 Å². The third-order valence-electron chi connectivity index (χ3n) is 2.94. The van der Waals surface area contributed by atoms with Crippen LogP contribution in [0, 0.1) is 0 Å². The minimum atomic E-state index is -0.497. The van der Waals surface area contributed by atoms with E-state index in [1.54, 1.807) is 11.9 Å². The maximum atomic E-state index is 12.1. The first-order chi connectivity index (χ1) is 8.72. The van der Waals surface area contributed by atoms with Crippen molar-refractivity contribution in [3.63, 3.8) is 0 Å². The maximum absolute atomic E-state index is 12.1. The fourth-order valence-electron chi connectivity index (χ4n) is 1.91. The number of hydrogen-bond acceptors (Lipinski definition) is 4. The zero-order chi connectivity index (χ0) is 13.0. The molecule has 0 bridgehead atoms. The third-order valence-corrected chi connectivity index (χ3v) is 2.94. The van der Waals surface area contributed by atoms with Crippen LogP contribution in [0.25, 0.3) is 0 Å². The molecule has 0 saturated heterocycles. The molecular weight excluding hydrogens is 232 g/mol. The summed E-state index contributed by atoms with van der Waals surface area (Å²) in [7, 11) is 1.72. The number of para-hydroxylation sites is 2. The molecule has 2 rings (SSSR count). The average Bonchev–Trinajstić information content (AvgIpc) is 2.43. The van der Waals surface area contributed by atoms with Gasteiger partial charge >= 0.3 is 0 Å². The SMILES string of the molecule is CN(CCCO)C(=O)C1CNc2ccccc2O1. The van der Waals surface area contributed by atoms with Gasteiger partial charge in [-0.3, -0.25) is 4.79 Å². The number of fused-ring (bicyclic) bond motifs is 1. The molecule has 1 unspecified atom stereocenters. The lowest BCUT2D eigenvalue weighted by Gasteiger charge is -2.29. The van der Waals surface area contributed by atoms with Gasteiger partial charge in [-0.15, -0.1) is 0 Å². The Morgan fingerprint density at radius 3 is 3.11 bits per heavy atom. The van der Waals surface area contributed by atoms with Gasteiger partial charge < -0.3 is 20.1 Å². The van der Waals surface area contributed by atoms with E-state index in [0.29, 0.717) is 25.3 Å². The first-order valence-corrected chi connectivity index (χ1v) is 6.08. The van der Waals surface area contributed by atoms with Gasteiger partial charge in [-0.25, -0.2) is 0 Å². The monoisotopic (exact) mass is 250 g/mol. The van der Waals surface area contributed by atoms with Crippen molar-refractivity contribution in [1.82, 2.24) is 4.90 Å². The molecule has 2 N–H and O–H groups in total. The topological polar surface area (TPSA) is 61.8 Å². The van der Waals surface area contributed by atoms with Gasteiger partial charge in [0, 0.05) is 20.2 Å². The first kappa shape index (κ1) is 12.7. The molecule has 1 aliphatic heterocycles. The van der Waals surface area contributed by atoms with Gasteiger partial charge in [-0.2, -0.15) is 0 Å². The zero-order valence-corrected chi connectivity index (χ0v) is 10.4. The number of nitrogens with one attached hydrogen (secondary N) is 1. The van der Waals surface area contributed by atoms with Crippen LogP contribution in [0.1, 0.15) is 6.42 Å². The third kappa shape index (κ3) is 2.73. The second-order valence-corrected chi connectivity index (χ2v) is 4.32. The van der Waals surface area contributed by atoms with Crippen molar-refractivity contribution in [2.75, 3.05) is 32.1 Å². The highest BCUT2D eigenvalue weighted by Gasteiger charge is 2.27. The lowest BCUT2D eigenvalue weighted by Crippen LogP contribution is -2.45. The molecule has 18 heavy (non-hydrogen) atoms. The van der Waals surface area contributed by atoms with Crippen molar-refractivity contribution < 1.29 is 14.6 Å². The van der Waals surface area contributed by atoms with Gasteiger partial charge in [-0.05, 0) is 18.6 Å². The summed E-state index contributed by atoms with van der Waals surface area (Å²) in [5.41, 5.74) is 0.916. The van der Waals surface area contributed by atoms with Crippen LogP contribution in [0.2, 0.25) is 0 Å². The summed E-state index contributed by atoms with van der Waals surface area (Å²) in [4.78, 5) is 13.7. The average molecular weight is 250 g/mol. The Balaban J connectivity index is 1.98. The highest BCUT2D eigenvalue weighted by atomic mass is 16.5. The summed E-state index contributed by atoms with van der Waals surface area (Å²) in [6, 6.07) is 7.56. The summed E-state index contributed by atoms with van der Waals surface area (Å²) < 4.78 is 5.68. The summed E-state index contributed by atoms with van der Waals surface area (Å²) in [6.07, 6.45) is 0.0856. The van der Waals surface area contributed by atoms with E-state index in [1.165, 1.54) is 0 Å². The Hall–Kier alpha value is -1.75. The minimum absolute atomic E-state index is 0.0644. The Bertz CT molecular complexity index is 422. The summed E-state index contributed by atoms with van der Waals surface area (Å²) in [6.45, 7) is 1.10. The molecule has 1 aromatic rings. The van der Waals surface area contributed by atoms with Crippen molar-refractivity contribution in [3.05, 3.63) is 24.3 Å². The number of anilines is 1. The van der Waals surface area contributed by atoms with E-state index in [1.807, 2.05) is 24.3 Å². The molecule has 0 radical (unpaired) electrons. The number of ether oxygens (including phenoxy) is 1. The van der Waals surface area contributed by atoms with Crippen molar-refractivity contribution in [2.45, 2.75) is 12.5 Å². The van der Waals surface area contributed by atoms with Gasteiger partial charge in [-0.1, -0.05) is 12.1 Å². The molecule has 1 amide bonds. The van der Waals surface area contributed by atoms with Crippen LogP contribution in [0.4, 0.5) is 5.69 Å². The predicted octanol–water partition coefficient (Wildman–Crippen LogP) is 0.700. The van der Waals surface area contributed by atoms with Crippen molar-refractivity contribution in [3.8, 4) is 5.75 Å².